The SMILES string of the molecule is O=[N+]([O-])c1cccc(Cl)c1N1CCOCC1CO. The molecule has 1 atom stereocenters. The predicted molar refractivity (Wildman–Crippen MR) is 67.1 cm³/mol. The maximum atomic E-state index is 11.0. The van der Waals surface area contributed by atoms with Gasteiger partial charge in [0.05, 0.1) is 35.8 Å². The van der Waals surface area contributed by atoms with Crippen molar-refractivity contribution in [3.05, 3.63) is 33.3 Å². The Kier molecular flexibility index (Phi) is 4.00. The molecule has 0 bridgehead atoms. The normalized spacial score (nSPS) is 19.9. The Morgan fingerprint density at radius 1 is 1.61 bits per heavy atom. The molecular formula is C11H13ClN2O4. The van der Waals surface area contributed by atoms with Crippen molar-refractivity contribution < 1.29 is 14.8 Å². The Hall–Kier alpha value is -1.37. The van der Waals surface area contributed by atoms with Gasteiger partial charge in [0.2, 0.25) is 0 Å². The van der Waals surface area contributed by atoms with Gasteiger partial charge in [0.25, 0.3) is 5.69 Å². The summed E-state index contributed by atoms with van der Waals surface area (Å²) in [6.45, 7) is 1.12. The molecule has 0 radical (unpaired) electrons. The molecule has 0 spiro atoms. The molecule has 1 unspecified atom stereocenters. The number of benzene rings is 1. The maximum absolute atomic E-state index is 11.0. The number of ether oxygens (including phenoxy) is 1. The number of hydrogen-bond acceptors (Lipinski definition) is 5. The highest BCUT2D eigenvalue weighted by Crippen LogP contribution is 2.37. The number of halogens is 1. The maximum Gasteiger partial charge on any atom is 0.294 e. The van der Waals surface area contributed by atoms with Crippen molar-refractivity contribution in [1.82, 2.24) is 0 Å². The van der Waals surface area contributed by atoms with Crippen LogP contribution in [0.5, 0.6) is 0 Å². The predicted octanol–water partition coefficient (Wildman–Crippen LogP) is 1.45. The lowest BCUT2D eigenvalue weighted by Gasteiger charge is -2.36. The van der Waals surface area contributed by atoms with E-state index >= 15 is 0 Å². The lowest BCUT2D eigenvalue weighted by atomic mass is 10.1. The van der Waals surface area contributed by atoms with Gasteiger partial charge in [-0.1, -0.05) is 17.7 Å². The molecule has 6 nitrogen and oxygen atoms in total. The van der Waals surface area contributed by atoms with E-state index in [2.05, 4.69) is 0 Å². The number of nitro benzene ring substituents is 1. The van der Waals surface area contributed by atoms with Gasteiger partial charge in [-0.05, 0) is 6.07 Å². The van der Waals surface area contributed by atoms with E-state index in [9.17, 15) is 15.2 Å². The summed E-state index contributed by atoms with van der Waals surface area (Å²) < 4.78 is 5.25. The zero-order chi connectivity index (χ0) is 13.1. The van der Waals surface area contributed by atoms with Gasteiger partial charge in [0.1, 0.15) is 5.69 Å². The van der Waals surface area contributed by atoms with Crippen LogP contribution < -0.4 is 4.90 Å². The molecule has 1 fully saturated rings. The lowest BCUT2D eigenvalue weighted by molar-refractivity contribution is -0.384. The standard InChI is InChI=1S/C11H13ClN2O4/c12-9-2-1-3-10(14(16)17)11(9)13-4-5-18-7-8(13)6-15/h1-3,8,15H,4-7H2. The molecular weight excluding hydrogens is 260 g/mol. The number of nitrogens with zero attached hydrogens (tertiary/aromatic N) is 2. The van der Waals surface area contributed by atoms with Crippen LogP contribution in [0.3, 0.4) is 0 Å². The molecule has 98 valence electrons. The van der Waals surface area contributed by atoms with Gasteiger partial charge in [0.15, 0.2) is 0 Å². The second-order valence-corrected chi connectivity index (χ2v) is 4.38. The van der Waals surface area contributed by atoms with Crippen molar-refractivity contribution in [3.63, 3.8) is 0 Å². The first-order valence-electron chi connectivity index (χ1n) is 5.53. The summed E-state index contributed by atoms with van der Waals surface area (Å²) in [4.78, 5) is 12.3. The van der Waals surface area contributed by atoms with Gasteiger partial charge in [-0.2, -0.15) is 0 Å². The first-order chi connectivity index (χ1) is 8.65. The van der Waals surface area contributed by atoms with E-state index in [1.54, 1.807) is 17.0 Å². The summed E-state index contributed by atoms with van der Waals surface area (Å²) in [5.41, 5.74) is 0.300. The molecule has 0 saturated carbocycles. The van der Waals surface area contributed by atoms with E-state index in [1.165, 1.54) is 6.07 Å². The van der Waals surface area contributed by atoms with E-state index < -0.39 is 4.92 Å². The Balaban J connectivity index is 2.44. The first kappa shape index (κ1) is 13.1. The van der Waals surface area contributed by atoms with Crippen molar-refractivity contribution in [2.45, 2.75) is 6.04 Å². The smallest absolute Gasteiger partial charge is 0.294 e. The molecule has 7 heteroatoms. The van der Waals surface area contributed by atoms with Crippen LogP contribution in [0.15, 0.2) is 18.2 Å². The van der Waals surface area contributed by atoms with E-state index in [4.69, 9.17) is 16.3 Å². The number of aliphatic hydroxyl groups excluding tert-OH is 1. The molecule has 1 aliphatic rings. The third-order valence-corrected chi connectivity index (χ3v) is 3.19. The summed E-state index contributed by atoms with van der Waals surface area (Å²) in [7, 11) is 0. The molecule has 1 aromatic rings. The Morgan fingerprint density at radius 3 is 3.06 bits per heavy atom. The van der Waals surface area contributed by atoms with Gasteiger partial charge >= 0.3 is 0 Å². The minimum atomic E-state index is -0.467. The fourth-order valence-corrected chi connectivity index (χ4v) is 2.31. The van der Waals surface area contributed by atoms with Crippen LogP contribution in [0, 0.1) is 10.1 Å². The quantitative estimate of drug-likeness (QED) is 0.666. The summed E-state index contributed by atoms with van der Waals surface area (Å²) >= 11 is 6.06. The highest BCUT2D eigenvalue weighted by molar-refractivity contribution is 6.33. The highest BCUT2D eigenvalue weighted by Gasteiger charge is 2.30. The molecule has 1 heterocycles. The largest absolute Gasteiger partial charge is 0.394 e. The average Bonchev–Trinajstić information content (AvgIpc) is 2.38. The second kappa shape index (κ2) is 5.51. The average molecular weight is 273 g/mol. The van der Waals surface area contributed by atoms with Crippen LogP contribution in [-0.4, -0.2) is 42.4 Å². The molecule has 18 heavy (non-hydrogen) atoms. The summed E-state index contributed by atoms with van der Waals surface area (Å²) in [6.07, 6.45) is 0. The van der Waals surface area contributed by atoms with Gasteiger partial charge < -0.3 is 14.7 Å². The summed E-state index contributed by atoms with van der Waals surface area (Å²) in [5.74, 6) is 0. The van der Waals surface area contributed by atoms with E-state index in [1.807, 2.05) is 0 Å². The van der Waals surface area contributed by atoms with Crippen LogP contribution >= 0.6 is 11.6 Å². The van der Waals surface area contributed by atoms with E-state index in [0.29, 0.717) is 30.5 Å². The van der Waals surface area contributed by atoms with Crippen LogP contribution in [0.25, 0.3) is 0 Å². The van der Waals surface area contributed by atoms with Crippen LogP contribution in [-0.2, 0) is 4.74 Å². The number of nitro groups is 1. The van der Waals surface area contributed by atoms with Gasteiger partial charge in [-0.15, -0.1) is 0 Å². The number of anilines is 1. The third-order valence-electron chi connectivity index (χ3n) is 2.89. The van der Waals surface area contributed by atoms with Crippen molar-refractivity contribution in [1.29, 1.82) is 0 Å². The molecule has 1 aliphatic heterocycles. The Morgan fingerprint density at radius 2 is 2.39 bits per heavy atom. The molecule has 2 rings (SSSR count). The number of para-hydroxylation sites is 1. The number of hydrogen-bond donors (Lipinski definition) is 1. The van der Waals surface area contributed by atoms with E-state index in [-0.39, 0.29) is 18.3 Å². The fourth-order valence-electron chi connectivity index (χ4n) is 2.04. The summed E-state index contributed by atoms with van der Waals surface area (Å²) in [5, 5.41) is 20.7. The fraction of sp³-hybridized carbons (Fsp3) is 0.455. The third kappa shape index (κ3) is 2.40. The minimum Gasteiger partial charge on any atom is -0.394 e. The molecule has 1 aromatic carbocycles. The van der Waals surface area contributed by atoms with Gasteiger partial charge in [-0.3, -0.25) is 10.1 Å². The molecule has 1 saturated heterocycles. The number of morpholine rings is 1. The molecule has 0 aliphatic carbocycles. The highest BCUT2D eigenvalue weighted by atomic mass is 35.5. The number of rotatable bonds is 3. The second-order valence-electron chi connectivity index (χ2n) is 3.97. The van der Waals surface area contributed by atoms with Crippen LogP contribution in [0.2, 0.25) is 5.02 Å². The molecule has 0 aromatic heterocycles. The van der Waals surface area contributed by atoms with Crippen molar-refractivity contribution in [3.8, 4) is 0 Å². The van der Waals surface area contributed by atoms with Crippen molar-refractivity contribution in [2.24, 2.45) is 0 Å². The van der Waals surface area contributed by atoms with Crippen molar-refractivity contribution >= 4 is 23.0 Å². The van der Waals surface area contributed by atoms with Gasteiger partial charge in [-0.25, -0.2) is 0 Å². The molecule has 0 amide bonds. The molecule has 1 N–H and O–H groups in total. The number of aliphatic hydroxyl groups is 1. The van der Waals surface area contributed by atoms with Crippen LogP contribution in [0.1, 0.15) is 0 Å². The Labute approximate surface area is 109 Å². The van der Waals surface area contributed by atoms with Crippen molar-refractivity contribution in [2.75, 3.05) is 31.3 Å². The van der Waals surface area contributed by atoms with Crippen LogP contribution in [0.4, 0.5) is 11.4 Å². The first-order valence-corrected chi connectivity index (χ1v) is 5.91. The summed E-state index contributed by atoms with van der Waals surface area (Å²) in [6, 6.07) is 4.24. The zero-order valence-corrected chi connectivity index (χ0v) is 10.3. The zero-order valence-electron chi connectivity index (χ0n) is 9.58. The van der Waals surface area contributed by atoms with E-state index in [0.717, 1.165) is 0 Å². The monoisotopic (exact) mass is 272 g/mol. The van der Waals surface area contributed by atoms with Gasteiger partial charge in [0, 0.05) is 12.6 Å². The Bertz CT molecular complexity index is 455. The lowest BCUT2D eigenvalue weighted by Crippen LogP contribution is -2.48. The topological polar surface area (TPSA) is 75.8 Å². The minimum absolute atomic E-state index is 0.0529.